The van der Waals surface area contributed by atoms with Gasteiger partial charge in [-0.25, -0.2) is 14.4 Å². The number of carbonyl (C=O) groups is 1. The Hall–Kier alpha value is -1.16. The molecule has 0 radical (unpaired) electrons. The summed E-state index contributed by atoms with van der Waals surface area (Å²) >= 11 is 2.96. The van der Waals surface area contributed by atoms with Crippen LogP contribution in [0.15, 0.2) is 22.7 Å². The van der Waals surface area contributed by atoms with Crippen molar-refractivity contribution in [3.8, 4) is 0 Å². The predicted octanol–water partition coefficient (Wildman–Crippen LogP) is 3.25. The summed E-state index contributed by atoms with van der Waals surface area (Å²) in [6, 6.07) is 3.11. The van der Waals surface area contributed by atoms with E-state index in [-0.39, 0.29) is 11.1 Å². The van der Waals surface area contributed by atoms with Gasteiger partial charge in [-0.3, -0.25) is 0 Å². The zero-order chi connectivity index (χ0) is 15.3. The molecule has 1 aromatic rings. The van der Waals surface area contributed by atoms with E-state index >= 15 is 0 Å². The number of hydrogen-bond donors (Lipinski definition) is 1. The molecule has 0 saturated carbocycles. The lowest BCUT2D eigenvalue weighted by Crippen LogP contribution is -2.39. The molecule has 20 heavy (non-hydrogen) atoms. The van der Waals surface area contributed by atoms with Gasteiger partial charge in [0.2, 0.25) is 0 Å². The van der Waals surface area contributed by atoms with Crippen LogP contribution in [0.1, 0.15) is 18.6 Å². The monoisotopic (exact) mass is 358 g/mol. The van der Waals surface area contributed by atoms with Crippen molar-refractivity contribution in [1.29, 1.82) is 0 Å². The van der Waals surface area contributed by atoms with E-state index in [0.717, 1.165) is 12.1 Å². The van der Waals surface area contributed by atoms with E-state index in [1.807, 2.05) is 0 Å². The summed E-state index contributed by atoms with van der Waals surface area (Å²) < 4.78 is 45.8. The topological polar surface area (TPSA) is 65.0 Å². The van der Waals surface area contributed by atoms with Crippen LogP contribution in [0.2, 0.25) is 0 Å². The van der Waals surface area contributed by atoms with Crippen LogP contribution in [0.4, 0.5) is 13.2 Å². The first-order valence-electron chi connectivity index (χ1n) is 5.31. The summed E-state index contributed by atoms with van der Waals surface area (Å²) in [6.07, 6.45) is -2.51. The van der Waals surface area contributed by atoms with Crippen LogP contribution in [-0.2, 0) is 19.5 Å². The Morgan fingerprint density at radius 2 is 2.15 bits per heavy atom. The van der Waals surface area contributed by atoms with Gasteiger partial charge in [0, 0.05) is 10.0 Å². The number of esters is 1. The van der Waals surface area contributed by atoms with Gasteiger partial charge in [0.15, 0.2) is 6.10 Å². The molecule has 0 heterocycles. The maximum absolute atomic E-state index is 13.9. The zero-order valence-corrected chi connectivity index (χ0v) is 11.7. The Morgan fingerprint density at radius 3 is 2.70 bits per heavy atom. The van der Waals surface area contributed by atoms with Crippen LogP contribution in [0.3, 0.4) is 0 Å². The molecule has 0 amide bonds. The zero-order valence-electron chi connectivity index (χ0n) is 10.1. The molecule has 0 aliphatic heterocycles. The second-order valence-corrected chi connectivity index (χ2v) is 4.48. The van der Waals surface area contributed by atoms with E-state index in [9.17, 15) is 18.0 Å². The van der Waals surface area contributed by atoms with Gasteiger partial charge < -0.3 is 4.74 Å². The largest absolute Gasteiger partial charge is 0.461 e. The summed E-state index contributed by atoms with van der Waals surface area (Å²) in [5.41, 5.74) is -0.688. The highest BCUT2D eigenvalue weighted by molar-refractivity contribution is 9.10. The first-order chi connectivity index (χ1) is 9.34. The number of alkyl halides is 2. The average molecular weight is 359 g/mol. The molecular weight excluding hydrogens is 349 g/mol. The molecule has 0 aliphatic rings. The number of hydrogen-bond acceptors (Lipinski definition) is 5. The Morgan fingerprint density at radius 1 is 1.50 bits per heavy atom. The highest BCUT2D eigenvalue weighted by atomic mass is 79.9. The molecule has 1 aromatic carbocycles. The van der Waals surface area contributed by atoms with Crippen molar-refractivity contribution < 1.29 is 37.9 Å². The molecule has 112 valence electrons. The first kappa shape index (κ1) is 16.9. The van der Waals surface area contributed by atoms with Crippen molar-refractivity contribution in [2.24, 2.45) is 0 Å². The molecule has 1 rings (SSSR count). The molecule has 0 bridgehead atoms. The lowest BCUT2D eigenvalue weighted by Gasteiger charge is -2.23. The number of benzene rings is 1. The number of carbonyl (C=O) groups excluding carboxylic acids is 1. The fourth-order valence-corrected chi connectivity index (χ4v) is 1.78. The van der Waals surface area contributed by atoms with Gasteiger partial charge >= 0.3 is 11.9 Å². The van der Waals surface area contributed by atoms with E-state index < -0.39 is 29.4 Å². The minimum absolute atomic E-state index is 0.264. The van der Waals surface area contributed by atoms with Gasteiger partial charge in [0.25, 0.3) is 0 Å². The van der Waals surface area contributed by atoms with Crippen LogP contribution >= 0.6 is 15.9 Å². The lowest BCUT2D eigenvalue weighted by atomic mass is 10.0. The van der Waals surface area contributed by atoms with Crippen LogP contribution in [0.25, 0.3) is 0 Å². The van der Waals surface area contributed by atoms with Crippen molar-refractivity contribution in [2.45, 2.75) is 19.0 Å². The first-order valence-corrected chi connectivity index (χ1v) is 6.10. The van der Waals surface area contributed by atoms with Crippen molar-refractivity contribution in [3.05, 3.63) is 34.1 Å². The minimum atomic E-state index is -4.26. The number of ether oxygens (including phenoxy) is 1. The summed E-state index contributed by atoms with van der Waals surface area (Å²) in [4.78, 5) is 15.2. The Balaban J connectivity index is 3.22. The molecule has 0 aliphatic carbocycles. The molecular formula is C11H10BrF3O5. The van der Waals surface area contributed by atoms with Crippen molar-refractivity contribution in [2.75, 3.05) is 6.61 Å². The Bertz CT molecular complexity index is 483. The number of rotatable bonds is 6. The highest BCUT2D eigenvalue weighted by Crippen LogP contribution is 2.38. The normalized spacial score (nSPS) is 13.1. The van der Waals surface area contributed by atoms with E-state index in [1.165, 1.54) is 13.0 Å². The van der Waals surface area contributed by atoms with E-state index in [4.69, 9.17) is 5.26 Å². The highest BCUT2D eigenvalue weighted by Gasteiger charge is 2.52. The lowest BCUT2D eigenvalue weighted by molar-refractivity contribution is -0.519. The van der Waals surface area contributed by atoms with Crippen LogP contribution in [-0.4, -0.2) is 23.8 Å². The SMILES string of the molecule is CCOC(=O)C(F)(F)C(OOO)c1cc(Br)ccc1F. The fraction of sp³-hybridized carbons (Fsp3) is 0.364. The van der Waals surface area contributed by atoms with Crippen LogP contribution in [0, 0.1) is 5.82 Å². The van der Waals surface area contributed by atoms with Gasteiger partial charge in [0.05, 0.1) is 6.61 Å². The summed E-state index contributed by atoms with van der Waals surface area (Å²) in [7, 11) is 0. The van der Waals surface area contributed by atoms with Crippen molar-refractivity contribution in [1.82, 2.24) is 0 Å². The van der Waals surface area contributed by atoms with Crippen molar-refractivity contribution >= 4 is 21.9 Å². The Labute approximate surface area is 120 Å². The van der Waals surface area contributed by atoms with Gasteiger partial charge in [-0.1, -0.05) is 21.0 Å². The average Bonchev–Trinajstić information content (AvgIpc) is 2.39. The van der Waals surface area contributed by atoms with Gasteiger partial charge in [-0.05, 0) is 25.1 Å². The van der Waals surface area contributed by atoms with E-state index in [0.29, 0.717) is 0 Å². The fourth-order valence-electron chi connectivity index (χ4n) is 1.40. The maximum Gasteiger partial charge on any atom is 0.380 e. The van der Waals surface area contributed by atoms with E-state index in [2.05, 4.69) is 30.6 Å². The predicted molar refractivity (Wildman–Crippen MR) is 63.2 cm³/mol. The second kappa shape index (κ2) is 7.02. The summed E-state index contributed by atoms with van der Waals surface area (Å²) in [5, 5.41) is 11.4. The summed E-state index contributed by atoms with van der Waals surface area (Å²) in [6.45, 7) is 1.02. The van der Waals surface area contributed by atoms with E-state index in [1.54, 1.807) is 0 Å². The second-order valence-electron chi connectivity index (χ2n) is 3.56. The molecule has 5 nitrogen and oxygen atoms in total. The smallest absolute Gasteiger partial charge is 0.380 e. The minimum Gasteiger partial charge on any atom is -0.461 e. The molecule has 0 saturated heterocycles. The number of halogens is 4. The molecule has 1 atom stereocenters. The maximum atomic E-state index is 13.9. The Kier molecular flexibility index (Phi) is 5.93. The van der Waals surface area contributed by atoms with Crippen molar-refractivity contribution in [3.63, 3.8) is 0 Å². The molecule has 0 fully saturated rings. The van der Waals surface area contributed by atoms with Crippen LogP contribution < -0.4 is 0 Å². The summed E-state index contributed by atoms with van der Waals surface area (Å²) in [5.74, 6) is -7.26. The van der Waals surface area contributed by atoms with Gasteiger partial charge in [-0.15, -0.1) is 0 Å². The molecule has 1 unspecified atom stereocenters. The molecule has 9 heteroatoms. The van der Waals surface area contributed by atoms with Gasteiger partial charge in [0.1, 0.15) is 5.82 Å². The third-order valence-electron chi connectivity index (χ3n) is 2.26. The third-order valence-corrected chi connectivity index (χ3v) is 2.75. The van der Waals surface area contributed by atoms with Gasteiger partial charge in [-0.2, -0.15) is 13.7 Å². The van der Waals surface area contributed by atoms with Crippen LogP contribution in [0.5, 0.6) is 0 Å². The standard InChI is InChI=1S/C11H10BrF3O5/c1-2-18-10(16)11(14,15)9(19-20-17)7-5-6(12)3-4-8(7)13/h3-5,9,17H,2H2,1H3. The molecule has 0 spiro atoms. The molecule has 0 aromatic heterocycles. The quantitative estimate of drug-likeness (QED) is 0.480. The molecule has 1 N–H and O–H groups in total. The third kappa shape index (κ3) is 3.69.